The summed E-state index contributed by atoms with van der Waals surface area (Å²) in [6, 6.07) is 8.59. The van der Waals surface area contributed by atoms with E-state index in [1.165, 1.54) is 18.4 Å². The largest absolute Gasteiger partial charge is 0.492 e. The highest BCUT2D eigenvalue weighted by atomic mass is 35.5. The lowest BCUT2D eigenvalue weighted by atomic mass is 10.2. The number of thiophene rings is 1. The van der Waals surface area contributed by atoms with Crippen LogP contribution in [0.25, 0.3) is 16.3 Å². The number of carbonyl (C=O) groups excluding carboxylic acids is 1. The van der Waals surface area contributed by atoms with Crippen molar-refractivity contribution in [2.75, 3.05) is 40.0 Å². The molecule has 0 bridgehead atoms. The summed E-state index contributed by atoms with van der Waals surface area (Å²) in [5.41, 5.74) is 3.94. The zero-order valence-corrected chi connectivity index (χ0v) is 21.9. The molecule has 1 N–H and O–H groups in total. The predicted octanol–water partition coefficient (Wildman–Crippen LogP) is 3.84. The van der Waals surface area contributed by atoms with E-state index in [9.17, 15) is 14.9 Å². The Labute approximate surface area is 225 Å². The third-order valence-electron chi connectivity index (χ3n) is 5.14. The van der Waals surface area contributed by atoms with Crippen molar-refractivity contribution < 1.29 is 24.2 Å². The lowest BCUT2D eigenvalue weighted by Gasteiger charge is -2.26. The van der Waals surface area contributed by atoms with Crippen molar-refractivity contribution in [3.63, 3.8) is 0 Å². The molecule has 1 aromatic carbocycles. The molecule has 3 heterocycles. The second-order valence-corrected chi connectivity index (χ2v) is 9.48. The van der Waals surface area contributed by atoms with Gasteiger partial charge in [-0.1, -0.05) is 35.0 Å². The number of hydrazine groups is 1. The van der Waals surface area contributed by atoms with Gasteiger partial charge in [0, 0.05) is 24.5 Å². The number of nitrogens with one attached hydrogen (secondary N) is 1. The molecule has 3 aromatic rings. The Morgan fingerprint density at radius 2 is 2.08 bits per heavy atom. The maximum atomic E-state index is 13.2. The Morgan fingerprint density at radius 1 is 1.30 bits per heavy atom. The van der Waals surface area contributed by atoms with Gasteiger partial charge in [0.2, 0.25) is 0 Å². The molecule has 1 aliphatic rings. The first-order valence-corrected chi connectivity index (χ1v) is 12.6. The highest BCUT2D eigenvalue weighted by Gasteiger charge is 2.29. The minimum atomic E-state index is -0.854. The number of halogens is 2. The molecule has 1 amide bonds. The molecule has 11 nitrogen and oxygen atoms in total. The molecule has 0 saturated carbocycles. The Bertz CT molecular complexity index is 1360. The number of nitrogens with zero attached hydrogens (tertiary/aromatic N) is 4. The van der Waals surface area contributed by atoms with Crippen molar-refractivity contribution in [1.82, 2.24) is 20.2 Å². The van der Waals surface area contributed by atoms with Crippen molar-refractivity contribution in [3.8, 4) is 33.8 Å². The van der Waals surface area contributed by atoms with Gasteiger partial charge in [0.05, 0.1) is 40.8 Å². The summed E-state index contributed by atoms with van der Waals surface area (Å²) in [6.45, 7) is 1.99. The van der Waals surface area contributed by atoms with Gasteiger partial charge in [0.15, 0.2) is 11.4 Å². The molecule has 0 atom stereocenters. The number of morpholine rings is 1. The van der Waals surface area contributed by atoms with Gasteiger partial charge in [0.1, 0.15) is 12.3 Å². The van der Waals surface area contributed by atoms with Gasteiger partial charge in [-0.2, -0.15) is 5.10 Å². The van der Waals surface area contributed by atoms with Crippen LogP contribution >= 0.6 is 34.5 Å². The van der Waals surface area contributed by atoms with Crippen LogP contribution in [0.1, 0.15) is 21.8 Å². The van der Waals surface area contributed by atoms with E-state index in [0.29, 0.717) is 57.5 Å². The van der Waals surface area contributed by atoms with Gasteiger partial charge < -0.3 is 14.3 Å². The Kier molecular flexibility index (Phi) is 8.86. The van der Waals surface area contributed by atoms with E-state index >= 15 is 0 Å². The zero-order chi connectivity index (χ0) is 26.4. The monoisotopic (exact) mass is 565 g/mol. The van der Waals surface area contributed by atoms with Crippen LogP contribution in [0, 0.1) is 22.0 Å². The number of amides is 1. The first-order chi connectivity index (χ1) is 17.9. The number of benzene rings is 1. The summed E-state index contributed by atoms with van der Waals surface area (Å²) < 4.78 is 12.6. The number of aromatic nitrogens is 2. The second-order valence-electron chi connectivity index (χ2n) is 7.55. The molecule has 0 radical (unpaired) electrons. The number of methoxy groups -OCH3 is 1. The third kappa shape index (κ3) is 6.51. The first-order valence-electron chi connectivity index (χ1n) is 11.0. The van der Waals surface area contributed by atoms with Crippen LogP contribution in [-0.4, -0.2) is 65.8 Å². The van der Waals surface area contributed by atoms with Crippen molar-refractivity contribution in [1.29, 1.82) is 0 Å². The molecule has 0 unspecified atom stereocenters. The van der Waals surface area contributed by atoms with E-state index < -0.39 is 11.0 Å². The first kappa shape index (κ1) is 26.7. The second kappa shape index (κ2) is 12.3. The SMILES string of the molecule is COc1c(C(=O)NN2CCOCC2)nn(-c2ccc(Cl)cc2Cl)c1-c1ccc(C#CCCO[N+](=O)[O-])s1. The van der Waals surface area contributed by atoms with Gasteiger partial charge in [-0.3, -0.25) is 10.2 Å². The number of rotatable bonds is 8. The van der Waals surface area contributed by atoms with Crippen LogP contribution in [0.4, 0.5) is 0 Å². The van der Waals surface area contributed by atoms with Crippen LogP contribution < -0.4 is 10.2 Å². The fraction of sp³-hybridized carbons (Fsp3) is 0.304. The summed E-state index contributed by atoms with van der Waals surface area (Å²) in [7, 11) is 1.46. The molecule has 1 fully saturated rings. The van der Waals surface area contributed by atoms with Gasteiger partial charge in [-0.05, 0) is 30.3 Å². The fourth-order valence-electron chi connectivity index (χ4n) is 3.51. The van der Waals surface area contributed by atoms with Crippen molar-refractivity contribution in [3.05, 3.63) is 61.1 Å². The summed E-state index contributed by atoms with van der Waals surface area (Å²) in [6.07, 6.45) is 0.196. The molecule has 1 saturated heterocycles. The van der Waals surface area contributed by atoms with Gasteiger partial charge in [-0.25, -0.2) is 9.69 Å². The molecule has 1 aliphatic heterocycles. The molecule has 2 aromatic heterocycles. The Hall–Kier alpha value is -3.34. The number of hydrogen-bond acceptors (Lipinski definition) is 9. The minimum absolute atomic E-state index is 0.0768. The summed E-state index contributed by atoms with van der Waals surface area (Å²) in [5, 5.41) is 16.5. The standard InChI is InChI=1S/C23H21Cl2N5O6S/c1-34-22-20(23(31)27-28-9-12-35-13-10-28)26-29(18-7-5-15(24)14-17(18)25)21(22)19-8-6-16(37-19)4-2-3-11-36-30(32)33/h5-8,14H,3,9-13H2,1H3,(H,27,31). The molecule has 194 valence electrons. The van der Waals surface area contributed by atoms with Crippen LogP contribution in [0.5, 0.6) is 5.75 Å². The van der Waals surface area contributed by atoms with Crippen LogP contribution in [0.2, 0.25) is 10.0 Å². The molecule has 4 rings (SSSR count). The van der Waals surface area contributed by atoms with Gasteiger partial charge >= 0.3 is 0 Å². The Morgan fingerprint density at radius 3 is 2.78 bits per heavy atom. The van der Waals surface area contributed by atoms with Crippen molar-refractivity contribution in [2.24, 2.45) is 0 Å². The molecular weight excluding hydrogens is 545 g/mol. The molecule has 37 heavy (non-hydrogen) atoms. The maximum Gasteiger partial charge on any atom is 0.294 e. The quantitative estimate of drug-likeness (QED) is 0.189. The minimum Gasteiger partial charge on any atom is -0.492 e. The topological polar surface area (TPSA) is 121 Å². The molecule has 0 spiro atoms. The van der Waals surface area contributed by atoms with Gasteiger partial charge in [0.25, 0.3) is 11.0 Å². The molecule has 14 heteroatoms. The van der Waals surface area contributed by atoms with Crippen molar-refractivity contribution >= 4 is 40.4 Å². The van der Waals surface area contributed by atoms with Crippen LogP contribution in [0.15, 0.2) is 30.3 Å². The van der Waals surface area contributed by atoms with E-state index in [1.807, 2.05) is 6.07 Å². The normalized spacial score (nSPS) is 13.5. The third-order valence-corrected chi connectivity index (χ3v) is 6.69. The van der Waals surface area contributed by atoms with Crippen molar-refractivity contribution in [2.45, 2.75) is 6.42 Å². The molecule has 0 aliphatic carbocycles. The average molecular weight is 566 g/mol. The van der Waals surface area contributed by atoms with Crippen LogP contribution in [0.3, 0.4) is 0 Å². The van der Waals surface area contributed by atoms with Crippen LogP contribution in [-0.2, 0) is 9.57 Å². The number of carbonyl (C=O) groups is 1. The predicted molar refractivity (Wildman–Crippen MR) is 138 cm³/mol. The van der Waals surface area contributed by atoms with E-state index in [0.717, 1.165) is 0 Å². The fourth-order valence-corrected chi connectivity index (χ4v) is 4.91. The summed E-state index contributed by atoms with van der Waals surface area (Å²) in [4.78, 5) is 29.2. The van der Waals surface area contributed by atoms with E-state index in [4.69, 9.17) is 32.7 Å². The van der Waals surface area contributed by atoms with E-state index in [-0.39, 0.29) is 24.5 Å². The summed E-state index contributed by atoms with van der Waals surface area (Å²) in [5.74, 6) is 5.63. The Balaban J connectivity index is 1.72. The maximum absolute atomic E-state index is 13.2. The number of hydrogen-bond donors (Lipinski definition) is 1. The van der Waals surface area contributed by atoms with E-state index in [2.05, 4.69) is 27.2 Å². The smallest absolute Gasteiger partial charge is 0.294 e. The lowest BCUT2D eigenvalue weighted by Crippen LogP contribution is -2.48. The summed E-state index contributed by atoms with van der Waals surface area (Å²) >= 11 is 13.9. The highest BCUT2D eigenvalue weighted by molar-refractivity contribution is 7.16. The van der Waals surface area contributed by atoms with Gasteiger partial charge in [-0.15, -0.1) is 21.5 Å². The highest BCUT2D eigenvalue weighted by Crippen LogP contribution is 2.40. The lowest BCUT2D eigenvalue weighted by molar-refractivity contribution is -0.757. The zero-order valence-electron chi connectivity index (χ0n) is 19.5. The van der Waals surface area contributed by atoms with E-state index in [1.54, 1.807) is 34.0 Å². The number of ether oxygens (including phenoxy) is 2. The average Bonchev–Trinajstić information content (AvgIpc) is 3.48. The molecular formula is C23H21Cl2N5O6S.